The quantitative estimate of drug-likeness (QED) is 0.882. The number of anilines is 1. The van der Waals surface area contributed by atoms with E-state index in [9.17, 15) is 8.78 Å². The lowest BCUT2D eigenvalue weighted by molar-refractivity contribution is 0.124. The van der Waals surface area contributed by atoms with Gasteiger partial charge in [-0.3, -0.25) is 0 Å². The van der Waals surface area contributed by atoms with Crippen LogP contribution in [0.5, 0.6) is 5.88 Å². The fraction of sp³-hybridized carbons (Fsp3) is 0.667. The average Bonchev–Trinajstić information content (AvgIpc) is 2.43. The lowest BCUT2D eigenvalue weighted by Gasteiger charge is -2.26. The van der Waals surface area contributed by atoms with Crippen molar-refractivity contribution < 1.29 is 13.5 Å². The van der Waals surface area contributed by atoms with Crippen LogP contribution in [0.15, 0.2) is 6.07 Å². The summed E-state index contributed by atoms with van der Waals surface area (Å²) < 4.78 is 32.9. The molecule has 0 unspecified atom stereocenters. The van der Waals surface area contributed by atoms with Crippen molar-refractivity contribution in [1.82, 2.24) is 4.98 Å². The first kappa shape index (κ1) is 15.0. The first-order valence-electron chi connectivity index (χ1n) is 7.36. The fourth-order valence-corrected chi connectivity index (χ4v) is 2.40. The Hall–Kier alpha value is -1.39. The highest BCUT2D eigenvalue weighted by atomic mass is 19.1. The molecule has 1 saturated carbocycles. The third-order valence-corrected chi connectivity index (χ3v) is 3.68. The van der Waals surface area contributed by atoms with Crippen molar-refractivity contribution in [2.24, 2.45) is 5.92 Å². The monoisotopic (exact) mass is 284 g/mol. The first-order chi connectivity index (χ1) is 9.60. The third-order valence-electron chi connectivity index (χ3n) is 3.68. The SMILES string of the molecule is CCCNc1nc(OC2CCC(C)CC2)c(F)cc1F. The van der Waals surface area contributed by atoms with Gasteiger partial charge in [-0.25, -0.2) is 8.78 Å². The summed E-state index contributed by atoms with van der Waals surface area (Å²) in [5, 5.41) is 2.84. The van der Waals surface area contributed by atoms with Gasteiger partial charge in [-0.15, -0.1) is 0 Å². The Morgan fingerprint density at radius 1 is 1.25 bits per heavy atom. The molecule has 0 aliphatic heterocycles. The molecule has 0 bridgehead atoms. The Labute approximate surface area is 118 Å². The highest BCUT2D eigenvalue weighted by Crippen LogP contribution is 2.28. The lowest BCUT2D eigenvalue weighted by Crippen LogP contribution is -2.24. The van der Waals surface area contributed by atoms with E-state index in [0.29, 0.717) is 12.5 Å². The predicted molar refractivity (Wildman–Crippen MR) is 75.0 cm³/mol. The van der Waals surface area contributed by atoms with Gasteiger partial charge in [0.25, 0.3) is 5.88 Å². The van der Waals surface area contributed by atoms with Crippen molar-refractivity contribution in [3.8, 4) is 5.88 Å². The van der Waals surface area contributed by atoms with Crippen LogP contribution in [0.4, 0.5) is 14.6 Å². The molecule has 0 aromatic carbocycles. The van der Waals surface area contributed by atoms with E-state index in [2.05, 4.69) is 17.2 Å². The molecule has 2 rings (SSSR count). The van der Waals surface area contributed by atoms with E-state index < -0.39 is 11.6 Å². The van der Waals surface area contributed by atoms with Crippen LogP contribution >= 0.6 is 0 Å². The maximum atomic E-state index is 13.7. The largest absolute Gasteiger partial charge is 0.472 e. The zero-order valence-electron chi connectivity index (χ0n) is 12.1. The predicted octanol–water partition coefficient (Wildman–Crippen LogP) is 4.14. The van der Waals surface area contributed by atoms with Crippen LogP contribution in [-0.4, -0.2) is 17.6 Å². The van der Waals surface area contributed by atoms with Crippen LogP contribution in [0.1, 0.15) is 46.0 Å². The topological polar surface area (TPSA) is 34.2 Å². The Balaban J connectivity index is 2.06. The van der Waals surface area contributed by atoms with Gasteiger partial charge in [0.15, 0.2) is 17.5 Å². The van der Waals surface area contributed by atoms with Gasteiger partial charge < -0.3 is 10.1 Å². The van der Waals surface area contributed by atoms with Crippen LogP contribution in [0.25, 0.3) is 0 Å². The zero-order chi connectivity index (χ0) is 14.5. The molecule has 0 radical (unpaired) electrons. The molecule has 1 aromatic rings. The summed E-state index contributed by atoms with van der Waals surface area (Å²) in [5.74, 6) is -0.747. The second-order valence-electron chi connectivity index (χ2n) is 5.53. The molecule has 1 aliphatic rings. The molecule has 0 amide bonds. The van der Waals surface area contributed by atoms with E-state index in [1.54, 1.807) is 0 Å². The highest BCUT2D eigenvalue weighted by Gasteiger charge is 2.22. The summed E-state index contributed by atoms with van der Waals surface area (Å²) in [7, 11) is 0. The summed E-state index contributed by atoms with van der Waals surface area (Å²) in [6.07, 6.45) is 4.78. The van der Waals surface area contributed by atoms with E-state index in [4.69, 9.17) is 4.74 Å². The smallest absolute Gasteiger partial charge is 0.252 e. The van der Waals surface area contributed by atoms with Gasteiger partial charge in [-0.05, 0) is 38.0 Å². The normalized spacial score (nSPS) is 22.6. The van der Waals surface area contributed by atoms with Gasteiger partial charge in [0.2, 0.25) is 0 Å². The molecule has 1 heterocycles. The van der Waals surface area contributed by atoms with Crippen molar-refractivity contribution in [1.29, 1.82) is 0 Å². The van der Waals surface area contributed by atoms with Crippen LogP contribution in [0.3, 0.4) is 0 Å². The number of hydrogen-bond donors (Lipinski definition) is 1. The van der Waals surface area contributed by atoms with Gasteiger partial charge in [-0.2, -0.15) is 4.98 Å². The van der Waals surface area contributed by atoms with Crippen molar-refractivity contribution in [3.05, 3.63) is 17.7 Å². The van der Waals surface area contributed by atoms with Crippen molar-refractivity contribution in [2.45, 2.75) is 52.1 Å². The van der Waals surface area contributed by atoms with Crippen molar-refractivity contribution >= 4 is 5.82 Å². The second-order valence-corrected chi connectivity index (χ2v) is 5.53. The van der Waals surface area contributed by atoms with Gasteiger partial charge in [0, 0.05) is 12.6 Å². The second kappa shape index (κ2) is 6.86. The minimum absolute atomic E-state index is 0.0160. The molecule has 1 aliphatic carbocycles. The maximum Gasteiger partial charge on any atom is 0.252 e. The molecule has 1 aromatic heterocycles. The minimum Gasteiger partial charge on any atom is -0.472 e. The number of rotatable bonds is 5. The molecular weight excluding hydrogens is 262 g/mol. The third kappa shape index (κ3) is 3.81. The Bertz CT molecular complexity index is 446. The van der Waals surface area contributed by atoms with Gasteiger partial charge in [0.1, 0.15) is 6.10 Å². The summed E-state index contributed by atoms with van der Waals surface area (Å²) in [5.41, 5.74) is 0. The average molecular weight is 284 g/mol. The fourth-order valence-electron chi connectivity index (χ4n) is 2.40. The molecule has 0 saturated heterocycles. The number of nitrogens with zero attached hydrogens (tertiary/aromatic N) is 1. The number of nitrogens with one attached hydrogen (secondary N) is 1. The summed E-state index contributed by atoms with van der Waals surface area (Å²) in [6.45, 7) is 4.77. The van der Waals surface area contributed by atoms with Crippen LogP contribution in [0, 0.1) is 17.6 Å². The maximum absolute atomic E-state index is 13.7. The van der Waals surface area contributed by atoms with Crippen LogP contribution < -0.4 is 10.1 Å². The lowest BCUT2D eigenvalue weighted by atomic mass is 9.89. The van der Waals surface area contributed by atoms with Gasteiger partial charge in [0.05, 0.1) is 0 Å². The Morgan fingerprint density at radius 3 is 2.60 bits per heavy atom. The summed E-state index contributed by atoms with van der Waals surface area (Å²) in [4.78, 5) is 3.94. The number of pyridine rings is 1. The zero-order valence-corrected chi connectivity index (χ0v) is 12.1. The molecule has 20 heavy (non-hydrogen) atoms. The van der Waals surface area contributed by atoms with Crippen molar-refractivity contribution in [3.63, 3.8) is 0 Å². The molecule has 0 atom stereocenters. The summed E-state index contributed by atoms with van der Waals surface area (Å²) in [6, 6.07) is 0.839. The van der Waals surface area contributed by atoms with E-state index in [0.717, 1.165) is 38.2 Å². The van der Waals surface area contributed by atoms with Gasteiger partial charge >= 0.3 is 0 Å². The molecule has 1 fully saturated rings. The van der Waals surface area contributed by atoms with Gasteiger partial charge in [-0.1, -0.05) is 13.8 Å². The van der Waals surface area contributed by atoms with Crippen molar-refractivity contribution in [2.75, 3.05) is 11.9 Å². The molecule has 3 nitrogen and oxygen atoms in total. The van der Waals surface area contributed by atoms with E-state index in [1.807, 2.05) is 6.92 Å². The molecule has 0 spiro atoms. The number of hydrogen-bond acceptors (Lipinski definition) is 3. The Kier molecular flexibility index (Phi) is 5.15. The molecule has 5 heteroatoms. The number of ether oxygens (including phenoxy) is 1. The van der Waals surface area contributed by atoms with E-state index in [-0.39, 0.29) is 17.8 Å². The highest BCUT2D eigenvalue weighted by molar-refractivity contribution is 5.39. The Morgan fingerprint density at radius 2 is 1.95 bits per heavy atom. The number of halogens is 2. The first-order valence-corrected chi connectivity index (χ1v) is 7.36. The van der Waals surface area contributed by atoms with Crippen LogP contribution in [-0.2, 0) is 0 Å². The molecular formula is C15H22F2N2O. The summed E-state index contributed by atoms with van der Waals surface area (Å²) >= 11 is 0. The molecule has 1 N–H and O–H groups in total. The number of aromatic nitrogens is 1. The van der Waals surface area contributed by atoms with E-state index >= 15 is 0 Å². The standard InChI is InChI=1S/C15H22F2N2O/c1-3-8-18-14-12(16)9-13(17)15(19-14)20-11-6-4-10(2)5-7-11/h9-11H,3-8H2,1-2H3,(H,18,19). The molecule has 112 valence electrons. The van der Waals surface area contributed by atoms with E-state index in [1.165, 1.54) is 0 Å². The van der Waals surface area contributed by atoms with Crippen LogP contribution in [0.2, 0.25) is 0 Å². The minimum atomic E-state index is -0.733.